The Hall–Kier alpha value is -1.30. The van der Waals surface area contributed by atoms with E-state index in [0.29, 0.717) is 30.9 Å². The summed E-state index contributed by atoms with van der Waals surface area (Å²) in [6.07, 6.45) is 0.490. The summed E-state index contributed by atoms with van der Waals surface area (Å²) in [6, 6.07) is 7.42. The standard InChI is InChI=1S/C19H31NO4/c1-18(2)10-14(21)11-19(3,4)20(18)12-15(22)13-24-17-9-7-6-8-16(17)23-5/h6-9,14-15,21-22H,10-13H2,1-5H3/t15-/m1/s1. The first-order valence-corrected chi connectivity index (χ1v) is 8.55. The zero-order valence-electron chi connectivity index (χ0n) is 15.5. The molecule has 1 heterocycles. The van der Waals surface area contributed by atoms with E-state index in [4.69, 9.17) is 9.47 Å². The fourth-order valence-corrected chi connectivity index (χ4v) is 3.95. The minimum atomic E-state index is -0.622. The fraction of sp³-hybridized carbons (Fsp3) is 0.684. The topological polar surface area (TPSA) is 62.2 Å². The van der Waals surface area contributed by atoms with Crippen LogP contribution < -0.4 is 9.47 Å². The maximum Gasteiger partial charge on any atom is 0.161 e. The van der Waals surface area contributed by atoms with E-state index in [0.717, 1.165) is 0 Å². The van der Waals surface area contributed by atoms with Crippen LogP contribution in [-0.4, -0.2) is 58.7 Å². The monoisotopic (exact) mass is 337 g/mol. The van der Waals surface area contributed by atoms with Crippen LogP contribution in [0.1, 0.15) is 40.5 Å². The van der Waals surface area contributed by atoms with Crippen LogP contribution in [0.25, 0.3) is 0 Å². The predicted octanol–water partition coefficient (Wildman–Crippen LogP) is 2.45. The number of benzene rings is 1. The highest BCUT2D eigenvalue weighted by molar-refractivity contribution is 5.39. The summed E-state index contributed by atoms with van der Waals surface area (Å²) in [5.41, 5.74) is -0.348. The van der Waals surface area contributed by atoms with Gasteiger partial charge in [0.05, 0.1) is 13.2 Å². The smallest absolute Gasteiger partial charge is 0.161 e. The Morgan fingerprint density at radius 1 is 1.12 bits per heavy atom. The van der Waals surface area contributed by atoms with Crippen LogP contribution in [0.5, 0.6) is 11.5 Å². The van der Waals surface area contributed by atoms with Crippen LogP contribution in [0, 0.1) is 0 Å². The van der Waals surface area contributed by atoms with Gasteiger partial charge in [-0.2, -0.15) is 0 Å². The molecule has 5 nitrogen and oxygen atoms in total. The summed E-state index contributed by atoms with van der Waals surface area (Å²) >= 11 is 0. The van der Waals surface area contributed by atoms with Gasteiger partial charge >= 0.3 is 0 Å². The number of β-amino-alcohol motifs (C(OH)–C–C–N with tert-alkyl or cyclic N) is 1. The summed E-state index contributed by atoms with van der Waals surface area (Å²) in [7, 11) is 1.60. The van der Waals surface area contributed by atoms with Crippen molar-refractivity contribution in [3.63, 3.8) is 0 Å². The van der Waals surface area contributed by atoms with E-state index in [-0.39, 0.29) is 23.8 Å². The number of aliphatic hydroxyl groups is 2. The lowest BCUT2D eigenvalue weighted by Crippen LogP contribution is -2.63. The molecule has 0 radical (unpaired) electrons. The van der Waals surface area contributed by atoms with Crippen molar-refractivity contribution in [2.45, 2.75) is 63.8 Å². The molecule has 1 aliphatic heterocycles. The molecule has 0 aliphatic carbocycles. The number of ether oxygens (including phenoxy) is 2. The maximum atomic E-state index is 10.5. The van der Waals surface area contributed by atoms with E-state index >= 15 is 0 Å². The van der Waals surface area contributed by atoms with E-state index in [9.17, 15) is 10.2 Å². The van der Waals surface area contributed by atoms with Crippen molar-refractivity contribution in [3.05, 3.63) is 24.3 Å². The molecule has 0 saturated carbocycles. The maximum absolute atomic E-state index is 10.5. The first kappa shape index (κ1) is 19.0. The summed E-state index contributed by atoms with van der Waals surface area (Å²) < 4.78 is 11.0. The molecule has 136 valence electrons. The molecule has 0 spiro atoms. The van der Waals surface area contributed by atoms with Gasteiger partial charge in [-0.1, -0.05) is 12.1 Å². The Morgan fingerprint density at radius 3 is 2.21 bits per heavy atom. The van der Waals surface area contributed by atoms with E-state index < -0.39 is 6.10 Å². The van der Waals surface area contributed by atoms with Gasteiger partial charge in [0.15, 0.2) is 11.5 Å². The van der Waals surface area contributed by atoms with Crippen LogP contribution in [0.2, 0.25) is 0 Å². The fourth-order valence-electron chi connectivity index (χ4n) is 3.95. The highest BCUT2D eigenvalue weighted by atomic mass is 16.5. The van der Waals surface area contributed by atoms with Crippen molar-refractivity contribution in [1.29, 1.82) is 0 Å². The van der Waals surface area contributed by atoms with E-state index in [1.54, 1.807) is 7.11 Å². The van der Waals surface area contributed by atoms with Gasteiger partial charge in [0, 0.05) is 17.6 Å². The normalized spacial score (nSPS) is 22.1. The van der Waals surface area contributed by atoms with Crippen molar-refractivity contribution < 1.29 is 19.7 Å². The van der Waals surface area contributed by atoms with Crippen LogP contribution in [0.15, 0.2) is 24.3 Å². The molecule has 0 aromatic heterocycles. The zero-order chi connectivity index (χ0) is 18.0. The van der Waals surface area contributed by atoms with Crippen molar-refractivity contribution in [3.8, 4) is 11.5 Å². The third-order valence-corrected chi connectivity index (χ3v) is 4.83. The molecular weight excluding hydrogens is 306 g/mol. The Kier molecular flexibility index (Phi) is 5.78. The quantitative estimate of drug-likeness (QED) is 0.835. The number of aliphatic hydroxyl groups excluding tert-OH is 2. The molecule has 1 saturated heterocycles. The minimum absolute atomic E-state index is 0.174. The van der Waals surface area contributed by atoms with Gasteiger partial charge in [0.2, 0.25) is 0 Å². The van der Waals surface area contributed by atoms with Crippen LogP contribution in [-0.2, 0) is 0 Å². The van der Waals surface area contributed by atoms with Crippen LogP contribution >= 0.6 is 0 Å². The molecule has 1 fully saturated rings. The molecule has 5 heteroatoms. The number of nitrogens with zero attached hydrogens (tertiary/aromatic N) is 1. The van der Waals surface area contributed by atoms with Gasteiger partial charge < -0.3 is 19.7 Å². The number of hydrogen-bond donors (Lipinski definition) is 2. The molecule has 2 rings (SSSR count). The Labute approximate surface area is 145 Å². The van der Waals surface area contributed by atoms with Crippen molar-refractivity contribution >= 4 is 0 Å². The second kappa shape index (κ2) is 7.30. The SMILES string of the molecule is COc1ccccc1OC[C@H](O)CN1C(C)(C)CC(O)CC1(C)C. The van der Waals surface area contributed by atoms with Crippen molar-refractivity contribution in [2.24, 2.45) is 0 Å². The second-order valence-electron chi connectivity index (χ2n) is 7.91. The van der Waals surface area contributed by atoms with Gasteiger partial charge in [-0.25, -0.2) is 0 Å². The van der Waals surface area contributed by atoms with Gasteiger partial charge in [0.1, 0.15) is 12.7 Å². The zero-order valence-corrected chi connectivity index (χ0v) is 15.5. The lowest BCUT2D eigenvalue weighted by atomic mass is 9.78. The molecule has 0 bridgehead atoms. The molecule has 1 aliphatic rings. The average Bonchev–Trinajstić information content (AvgIpc) is 2.48. The average molecular weight is 337 g/mol. The molecular formula is C19H31NO4. The third-order valence-electron chi connectivity index (χ3n) is 4.83. The Balaban J connectivity index is 1.99. The summed E-state index contributed by atoms with van der Waals surface area (Å²) in [5, 5.41) is 20.6. The largest absolute Gasteiger partial charge is 0.493 e. The van der Waals surface area contributed by atoms with Crippen molar-refractivity contribution in [1.82, 2.24) is 4.90 Å². The Bertz CT molecular complexity index is 526. The van der Waals surface area contributed by atoms with E-state index in [1.807, 2.05) is 24.3 Å². The second-order valence-corrected chi connectivity index (χ2v) is 7.91. The minimum Gasteiger partial charge on any atom is -0.493 e. The molecule has 24 heavy (non-hydrogen) atoms. The number of likely N-dealkylation sites (tertiary alicyclic amines) is 1. The van der Waals surface area contributed by atoms with Gasteiger partial charge in [-0.05, 0) is 52.7 Å². The molecule has 1 atom stereocenters. The number of hydrogen-bond acceptors (Lipinski definition) is 5. The Morgan fingerprint density at radius 2 is 1.67 bits per heavy atom. The summed E-state index contributed by atoms with van der Waals surface area (Å²) in [4.78, 5) is 2.28. The molecule has 1 aromatic rings. The summed E-state index contributed by atoms with van der Waals surface area (Å²) in [5.74, 6) is 1.29. The predicted molar refractivity (Wildman–Crippen MR) is 94.6 cm³/mol. The highest BCUT2D eigenvalue weighted by Gasteiger charge is 2.45. The number of piperidine rings is 1. The van der Waals surface area contributed by atoms with Crippen LogP contribution in [0.3, 0.4) is 0 Å². The van der Waals surface area contributed by atoms with Gasteiger partial charge in [0.25, 0.3) is 0 Å². The number of para-hydroxylation sites is 2. The number of methoxy groups -OCH3 is 1. The van der Waals surface area contributed by atoms with E-state index in [2.05, 4.69) is 32.6 Å². The highest BCUT2D eigenvalue weighted by Crippen LogP contribution is 2.38. The molecule has 0 amide bonds. The molecule has 1 aromatic carbocycles. The van der Waals surface area contributed by atoms with Gasteiger partial charge in [-0.15, -0.1) is 0 Å². The summed E-state index contributed by atoms with van der Waals surface area (Å²) in [6.45, 7) is 9.17. The molecule has 0 unspecified atom stereocenters. The lowest BCUT2D eigenvalue weighted by Gasteiger charge is -2.54. The first-order valence-electron chi connectivity index (χ1n) is 8.55. The lowest BCUT2D eigenvalue weighted by molar-refractivity contribution is -0.100. The number of rotatable bonds is 6. The first-order chi connectivity index (χ1) is 11.2. The third kappa shape index (κ3) is 4.41. The van der Waals surface area contributed by atoms with Gasteiger partial charge in [-0.3, -0.25) is 4.90 Å². The van der Waals surface area contributed by atoms with E-state index in [1.165, 1.54) is 0 Å². The van der Waals surface area contributed by atoms with Crippen LogP contribution in [0.4, 0.5) is 0 Å². The van der Waals surface area contributed by atoms with Crippen molar-refractivity contribution in [2.75, 3.05) is 20.3 Å². The molecule has 2 N–H and O–H groups in total.